The first-order chi connectivity index (χ1) is 13.3. The fourth-order valence-corrected chi connectivity index (χ4v) is 3.46. The number of hydrogen-bond donors (Lipinski definition) is 2. The van der Waals surface area contributed by atoms with Gasteiger partial charge in [0.05, 0.1) is 0 Å². The minimum absolute atomic E-state index is 0.00522. The van der Waals surface area contributed by atoms with E-state index in [0.29, 0.717) is 30.1 Å². The molecule has 1 saturated heterocycles. The van der Waals surface area contributed by atoms with Crippen LogP contribution in [-0.2, 0) is 9.59 Å². The maximum Gasteiger partial charge on any atom is 0.251 e. The van der Waals surface area contributed by atoms with E-state index in [9.17, 15) is 14.4 Å². The molecule has 1 aromatic carbocycles. The molecular formula is C21H30ClN3O3. The van der Waals surface area contributed by atoms with Crippen molar-refractivity contribution in [2.75, 3.05) is 13.1 Å². The highest BCUT2D eigenvalue weighted by Crippen LogP contribution is 2.17. The van der Waals surface area contributed by atoms with Crippen LogP contribution in [0.4, 0.5) is 0 Å². The first kappa shape index (κ1) is 22.2. The lowest BCUT2D eigenvalue weighted by Crippen LogP contribution is -2.56. The minimum Gasteiger partial charge on any atom is -0.352 e. The summed E-state index contributed by atoms with van der Waals surface area (Å²) in [7, 11) is 0. The molecule has 7 heteroatoms. The van der Waals surface area contributed by atoms with E-state index in [1.165, 1.54) is 0 Å². The molecule has 6 nitrogen and oxygen atoms in total. The normalized spacial score (nSPS) is 18.9. The number of benzene rings is 1. The van der Waals surface area contributed by atoms with Crippen LogP contribution in [0.2, 0.25) is 5.02 Å². The molecule has 0 bridgehead atoms. The SMILES string of the molecule is CCC(=O)NC1CCCN(C(=O)C(NC(=O)c2ccc(Cl)cc2)C(C)CC)C1. The van der Waals surface area contributed by atoms with Crippen molar-refractivity contribution in [3.8, 4) is 0 Å². The molecule has 0 saturated carbocycles. The summed E-state index contributed by atoms with van der Waals surface area (Å²) in [6.45, 7) is 6.90. The van der Waals surface area contributed by atoms with E-state index in [1.54, 1.807) is 29.2 Å². The zero-order valence-electron chi connectivity index (χ0n) is 16.8. The van der Waals surface area contributed by atoms with E-state index in [4.69, 9.17) is 11.6 Å². The molecular weight excluding hydrogens is 378 g/mol. The lowest BCUT2D eigenvalue weighted by atomic mass is 9.95. The van der Waals surface area contributed by atoms with Crippen LogP contribution in [0, 0.1) is 5.92 Å². The number of carbonyl (C=O) groups excluding carboxylic acids is 3. The number of nitrogens with zero attached hydrogens (tertiary/aromatic N) is 1. The van der Waals surface area contributed by atoms with Crippen LogP contribution < -0.4 is 10.6 Å². The van der Waals surface area contributed by atoms with Crippen molar-refractivity contribution in [2.45, 2.75) is 58.5 Å². The third-order valence-electron chi connectivity index (χ3n) is 5.29. The zero-order chi connectivity index (χ0) is 20.7. The molecule has 3 atom stereocenters. The Balaban J connectivity index is 2.08. The second-order valence-electron chi connectivity index (χ2n) is 7.39. The van der Waals surface area contributed by atoms with Gasteiger partial charge in [-0.3, -0.25) is 14.4 Å². The maximum absolute atomic E-state index is 13.2. The summed E-state index contributed by atoms with van der Waals surface area (Å²) in [6, 6.07) is 5.97. The van der Waals surface area contributed by atoms with Crippen LogP contribution >= 0.6 is 11.6 Å². The molecule has 2 rings (SSSR count). The first-order valence-corrected chi connectivity index (χ1v) is 10.4. The highest BCUT2D eigenvalue weighted by atomic mass is 35.5. The van der Waals surface area contributed by atoms with Gasteiger partial charge in [0.15, 0.2) is 0 Å². The Morgan fingerprint density at radius 3 is 2.50 bits per heavy atom. The van der Waals surface area contributed by atoms with E-state index < -0.39 is 6.04 Å². The monoisotopic (exact) mass is 407 g/mol. The fourth-order valence-electron chi connectivity index (χ4n) is 3.33. The van der Waals surface area contributed by atoms with Crippen LogP contribution in [0.1, 0.15) is 56.8 Å². The Kier molecular flexibility index (Phi) is 8.30. The lowest BCUT2D eigenvalue weighted by molar-refractivity contribution is -0.136. The number of nitrogens with one attached hydrogen (secondary N) is 2. The van der Waals surface area contributed by atoms with Crippen LogP contribution in [0.25, 0.3) is 0 Å². The number of piperidine rings is 1. The minimum atomic E-state index is -0.603. The van der Waals surface area contributed by atoms with Gasteiger partial charge in [-0.05, 0) is 43.0 Å². The lowest BCUT2D eigenvalue weighted by Gasteiger charge is -2.36. The summed E-state index contributed by atoms with van der Waals surface area (Å²) < 4.78 is 0. The molecule has 1 aliphatic rings. The second kappa shape index (κ2) is 10.5. The number of amides is 3. The van der Waals surface area contributed by atoms with E-state index in [1.807, 2.05) is 20.8 Å². The molecule has 1 fully saturated rings. The van der Waals surface area contributed by atoms with Gasteiger partial charge in [0, 0.05) is 36.1 Å². The van der Waals surface area contributed by atoms with Gasteiger partial charge < -0.3 is 15.5 Å². The van der Waals surface area contributed by atoms with Gasteiger partial charge in [0.2, 0.25) is 11.8 Å². The molecule has 2 N–H and O–H groups in total. The van der Waals surface area contributed by atoms with Gasteiger partial charge in [0.25, 0.3) is 5.91 Å². The quantitative estimate of drug-likeness (QED) is 0.729. The van der Waals surface area contributed by atoms with E-state index >= 15 is 0 Å². The average Bonchev–Trinajstić information content (AvgIpc) is 2.71. The molecule has 1 heterocycles. The van der Waals surface area contributed by atoms with Gasteiger partial charge in [-0.25, -0.2) is 0 Å². The predicted octanol–water partition coefficient (Wildman–Crippen LogP) is 3.00. The van der Waals surface area contributed by atoms with Crippen LogP contribution in [0.3, 0.4) is 0 Å². The third kappa shape index (κ3) is 5.96. The number of carbonyl (C=O) groups is 3. The van der Waals surface area contributed by atoms with Crippen molar-refractivity contribution >= 4 is 29.3 Å². The molecule has 3 unspecified atom stereocenters. The Labute approximate surface area is 172 Å². The summed E-state index contributed by atoms with van der Waals surface area (Å²) >= 11 is 5.88. The molecule has 154 valence electrons. The molecule has 1 aliphatic heterocycles. The molecule has 28 heavy (non-hydrogen) atoms. The van der Waals surface area contributed by atoms with E-state index in [-0.39, 0.29) is 29.7 Å². The Hall–Kier alpha value is -2.08. The highest BCUT2D eigenvalue weighted by molar-refractivity contribution is 6.30. The summed E-state index contributed by atoms with van der Waals surface area (Å²) in [5.41, 5.74) is 0.470. The third-order valence-corrected chi connectivity index (χ3v) is 5.54. The summed E-state index contributed by atoms with van der Waals surface area (Å²) in [5.74, 6) is -0.390. The predicted molar refractivity (Wildman–Crippen MR) is 110 cm³/mol. The summed E-state index contributed by atoms with van der Waals surface area (Å²) in [4.78, 5) is 39.3. The number of hydrogen-bond acceptors (Lipinski definition) is 3. The largest absolute Gasteiger partial charge is 0.352 e. The molecule has 0 aromatic heterocycles. The molecule has 0 aliphatic carbocycles. The summed E-state index contributed by atoms with van der Waals surface area (Å²) in [5, 5.41) is 6.44. The number of likely N-dealkylation sites (tertiary alicyclic amines) is 1. The summed E-state index contributed by atoms with van der Waals surface area (Å²) in [6.07, 6.45) is 2.89. The van der Waals surface area contributed by atoms with Crippen LogP contribution in [0.5, 0.6) is 0 Å². The number of rotatable bonds is 7. The van der Waals surface area contributed by atoms with Crippen LogP contribution in [0.15, 0.2) is 24.3 Å². The zero-order valence-corrected chi connectivity index (χ0v) is 17.6. The van der Waals surface area contributed by atoms with Crippen molar-refractivity contribution < 1.29 is 14.4 Å². The molecule has 1 aromatic rings. The smallest absolute Gasteiger partial charge is 0.251 e. The molecule has 3 amide bonds. The fraction of sp³-hybridized carbons (Fsp3) is 0.571. The Morgan fingerprint density at radius 2 is 1.89 bits per heavy atom. The van der Waals surface area contributed by atoms with Gasteiger partial charge in [-0.2, -0.15) is 0 Å². The highest BCUT2D eigenvalue weighted by Gasteiger charge is 2.33. The topological polar surface area (TPSA) is 78.5 Å². The molecule has 0 radical (unpaired) electrons. The van der Waals surface area contributed by atoms with Gasteiger partial charge >= 0.3 is 0 Å². The first-order valence-electron chi connectivity index (χ1n) is 10.00. The number of halogens is 1. The molecule has 0 spiro atoms. The Bertz CT molecular complexity index is 693. The second-order valence-corrected chi connectivity index (χ2v) is 7.82. The van der Waals surface area contributed by atoms with Gasteiger partial charge in [0.1, 0.15) is 6.04 Å². The van der Waals surface area contributed by atoms with Crippen molar-refractivity contribution in [2.24, 2.45) is 5.92 Å². The van der Waals surface area contributed by atoms with Crippen molar-refractivity contribution in [1.29, 1.82) is 0 Å². The van der Waals surface area contributed by atoms with Gasteiger partial charge in [-0.1, -0.05) is 38.8 Å². The standard InChI is InChI=1S/C21H30ClN3O3/c1-4-14(3)19(24-20(27)15-8-10-16(22)11-9-15)21(28)25-12-6-7-17(13-25)23-18(26)5-2/h8-11,14,17,19H,4-7,12-13H2,1-3H3,(H,23,26)(H,24,27). The Morgan fingerprint density at radius 1 is 1.21 bits per heavy atom. The van der Waals surface area contributed by atoms with E-state index in [0.717, 1.165) is 19.3 Å². The maximum atomic E-state index is 13.2. The van der Waals surface area contributed by atoms with Crippen LogP contribution in [-0.4, -0.2) is 47.8 Å². The van der Waals surface area contributed by atoms with E-state index in [2.05, 4.69) is 10.6 Å². The van der Waals surface area contributed by atoms with Gasteiger partial charge in [-0.15, -0.1) is 0 Å². The average molecular weight is 408 g/mol. The van der Waals surface area contributed by atoms with Crippen molar-refractivity contribution in [3.05, 3.63) is 34.9 Å². The van der Waals surface area contributed by atoms with Crippen molar-refractivity contribution in [3.63, 3.8) is 0 Å². The van der Waals surface area contributed by atoms with Crippen molar-refractivity contribution in [1.82, 2.24) is 15.5 Å².